The molecule has 2 amide bonds. The Balaban J connectivity index is 2.05. The molecule has 0 aliphatic carbocycles. The molecule has 2 rings (SSSR count). The molecule has 156 valence electrons. The summed E-state index contributed by atoms with van der Waals surface area (Å²) in [4.78, 5) is 28.6. The van der Waals surface area contributed by atoms with Gasteiger partial charge in [0.1, 0.15) is 0 Å². The molecule has 0 aliphatic rings. The molecule has 0 aliphatic heterocycles. The predicted molar refractivity (Wildman–Crippen MR) is 122 cm³/mol. The largest absolute Gasteiger partial charge is 0.372 e. The highest BCUT2D eigenvalue weighted by Gasteiger charge is 2.16. The minimum atomic E-state index is -0.0975. The third-order valence-corrected chi connectivity index (χ3v) is 5.20. The van der Waals surface area contributed by atoms with Gasteiger partial charge in [0.15, 0.2) is 0 Å². The van der Waals surface area contributed by atoms with Gasteiger partial charge in [-0.1, -0.05) is 17.7 Å². The van der Waals surface area contributed by atoms with Crippen molar-refractivity contribution in [3.8, 4) is 0 Å². The molecule has 5 heteroatoms. The molecule has 0 radical (unpaired) electrons. The molecular weight excluding hydrogens is 362 g/mol. The molecular formula is C24H33N3O2. The highest BCUT2D eigenvalue weighted by molar-refractivity contribution is 5.95. The molecule has 0 saturated carbocycles. The van der Waals surface area contributed by atoms with Gasteiger partial charge in [-0.05, 0) is 70.0 Å². The van der Waals surface area contributed by atoms with E-state index in [1.807, 2.05) is 51.1 Å². The zero-order valence-electron chi connectivity index (χ0n) is 18.5. The Bertz CT molecular complexity index is 872. The fourth-order valence-corrected chi connectivity index (χ4v) is 3.56. The molecule has 29 heavy (non-hydrogen) atoms. The highest BCUT2D eigenvalue weighted by atomic mass is 16.2. The smallest absolute Gasteiger partial charge is 0.226 e. The number of hydrogen-bond donors (Lipinski definition) is 1. The first-order valence-corrected chi connectivity index (χ1v) is 10.3. The summed E-state index contributed by atoms with van der Waals surface area (Å²) in [6.45, 7) is 14.0. The van der Waals surface area contributed by atoms with Crippen molar-refractivity contribution in [1.82, 2.24) is 0 Å². The van der Waals surface area contributed by atoms with E-state index in [2.05, 4.69) is 30.1 Å². The van der Waals surface area contributed by atoms with Crippen LogP contribution in [0, 0.1) is 20.8 Å². The van der Waals surface area contributed by atoms with E-state index in [1.165, 1.54) is 6.92 Å². The summed E-state index contributed by atoms with van der Waals surface area (Å²) in [5, 5.41) is 2.99. The number of benzene rings is 2. The van der Waals surface area contributed by atoms with Crippen LogP contribution in [0.2, 0.25) is 0 Å². The van der Waals surface area contributed by atoms with Crippen LogP contribution >= 0.6 is 0 Å². The van der Waals surface area contributed by atoms with Gasteiger partial charge < -0.3 is 15.1 Å². The number of amides is 2. The second-order valence-corrected chi connectivity index (χ2v) is 7.43. The number of nitrogens with one attached hydrogen (secondary N) is 1. The van der Waals surface area contributed by atoms with Crippen molar-refractivity contribution in [1.29, 1.82) is 0 Å². The fraction of sp³-hybridized carbons (Fsp3) is 0.417. The second kappa shape index (κ2) is 10.1. The van der Waals surface area contributed by atoms with Crippen molar-refractivity contribution in [2.75, 3.05) is 34.8 Å². The molecule has 0 fully saturated rings. The Labute approximate surface area is 174 Å². The summed E-state index contributed by atoms with van der Waals surface area (Å²) in [6.07, 6.45) is 0.240. The minimum Gasteiger partial charge on any atom is -0.372 e. The maximum absolute atomic E-state index is 12.5. The molecule has 0 saturated heterocycles. The molecule has 0 bridgehead atoms. The number of hydrogen-bond acceptors (Lipinski definition) is 3. The minimum absolute atomic E-state index is 0.0653. The lowest BCUT2D eigenvalue weighted by Gasteiger charge is -2.24. The van der Waals surface area contributed by atoms with Crippen LogP contribution in [-0.4, -0.2) is 31.4 Å². The second-order valence-electron chi connectivity index (χ2n) is 7.43. The molecule has 2 aromatic rings. The van der Waals surface area contributed by atoms with Gasteiger partial charge in [-0.2, -0.15) is 0 Å². The number of nitrogens with zero attached hydrogens (tertiary/aromatic N) is 2. The monoisotopic (exact) mass is 395 g/mol. The number of carbonyl (C=O) groups excluding carboxylic acids is 2. The van der Waals surface area contributed by atoms with Crippen molar-refractivity contribution in [3.63, 3.8) is 0 Å². The topological polar surface area (TPSA) is 52.7 Å². The van der Waals surface area contributed by atoms with Gasteiger partial charge in [-0.15, -0.1) is 0 Å². The van der Waals surface area contributed by atoms with Crippen LogP contribution in [0.15, 0.2) is 36.4 Å². The van der Waals surface area contributed by atoms with E-state index in [4.69, 9.17) is 0 Å². The van der Waals surface area contributed by atoms with Gasteiger partial charge in [0.05, 0.1) is 0 Å². The molecule has 1 N–H and O–H groups in total. The van der Waals surface area contributed by atoms with E-state index in [0.29, 0.717) is 6.54 Å². The van der Waals surface area contributed by atoms with E-state index >= 15 is 0 Å². The Kier molecular flexibility index (Phi) is 7.82. The van der Waals surface area contributed by atoms with Crippen LogP contribution in [0.5, 0.6) is 0 Å². The lowest BCUT2D eigenvalue weighted by Crippen LogP contribution is -2.32. The van der Waals surface area contributed by atoms with Crippen LogP contribution < -0.4 is 15.1 Å². The van der Waals surface area contributed by atoms with Gasteiger partial charge in [0.25, 0.3) is 0 Å². The van der Waals surface area contributed by atoms with Crippen molar-refractivity contribution in [2.45, 2.75) is 48.0 Å². The summed E-state index contributed by atoms with van der Waals surface area (Å²) in [7, 11) is 0. The Morgan fingerprint density at radius 3 is 2.17 bits per heavy atom. The summed E-state index contributed by atoms with van der Waals surface area (Å²) >= 11 is 0. The SMILES string of the molecule is CCN(CC)c1ccc(NC(=O)CCN(C(C)=O)c2ccc(C)cc2C)c(C)c1. The highest BCUT2D eigenvalue weighted by Crippen LogP contribution is 2.24. The van der Waals surface area contributed by atoms with Crippen LogP contribution in [-0.2, 0) is 9.59 Å². The Morgan fingerprint density at radius 2 is 1.62 bits per heavy atom. The Morgan fingerprint density at radius 1 is 0.931 bits per heavy atom. The van der Waals surface area contributed by atoms with Crippen LogP contribution in [0.1, 0.15) is 43.9 Å². The zero-order valence-corrected chi connectivity index (χ0v) is 18.5. The van der Waals surface area contributed by atoms with Gasteiger partial charge in [0.2, 0.25) is 11.8 Å². The summed E-state index contributed by atoms with van der Waals surface area (Å²) < 4.78 is 0. The van der Waals surface area contributed by atoms with E-state index in [0.717, 1.165) is 46.8 Å². The number of carbonyl (C=O) groups is 2. The quantitative estimate of drug-likeness (QED) is 0.696. The third-order valence-electron chi connectivity index (χ3n) is 5.20. The van der Waals surface area contributed by atoms with Crippen LogP contribution in [0.4, 0.5) is 17.1 Å². The lowest BCUT2D eigenvalue weighted by atomic mass is 10.1. The number of anilines is 3. The first-order valence-electron chi connectivity index (χ1n) is 10.3. The first-order chi connectivity index (χ1) is 13.8. The fourth-order valence-electron chi connectivity index (χ4n) is 3.56. The summed E-state index contributed by atoms with van der Waals surface area (Å²) in [5.74, 6) is -0.163. The van der Waals surface area contributed by atoms with Crippen LogP contribution in [0.25, 0.3) is 0 Å². The molecule has 0 aromatic heterocycles. The van der Waals surface area contributed by atoms with Crippen molar-refractivity contribution >= 4 is 28.9 Å². The zero-order chi connectivity index (χ0) is 21.6. The van der Waals surface area contributed by atoms with E-state index < -0.39 is 0 Å². The summed E-state index contributed by atoms with van der Waals surface area (Å²) in [6, 6.07) is 12.1. The van der Waals surface area contributed by atoms with Crippen molar-refractivity contribution < 1.29 is 9.59 Å². The number of rotatable bonds is 8. The van der Waals surface area contributed by atoms with E-state index in [-0.39, 0.29) is 18.2 Å². The lowest BCUT2D eigenvalue weighted by molar-refractivity contribution is -0.117. The normalized spacial score (nSPS) is 10.6. The third kappa shape index (κ3) is 5.83. The van der Waals surface area contributed by atoms with Crippen molar-refractivity contribution in [2.24, 2.45) is 0 Å². The molecule has 0 heterocycles. The molecule has 0 unspecified atom stereocenters. The molecule has 2 aromatic carbocycles. The maximum Gasteiger partial charge on any atom is 0.226 e. The Hall–Kier alpha value is -2.82. The van der Waals surface area contributed by atoms with E-state index in [1.54, 1.807) is 4.90 Å². The first kappa shape index (κ1) is 22.5. The van der Waals surface area contributed by atoms with Gasteiger partial charge in [-0.25, -0.2) is 0 Å². The molecule has 5 nitrogen and oxygen atoms in total. The van der Waals surface area contributed by atoms with Gasteiger partial charge >= 0.3 is 0 Å². The van der Waals surface area contributed by atoms with Crippen LogP contribution in [0.3, 0.4) is 0 Å². The molecule has 0 spiro atoms. The number of aryl methyl sites for hydroxylation is 3. The summed E-state index contributed by atoms with van der Waals surface area (Å²) in [5.41, 5.74) is 6.03. The standard InChI is InChI=1S/C24H33N3O2/c1-7-26(8-2)21-10-11-22(18(4)16-21)25-24(29)13-14-27(20(6)28)23-12-9-17(3)15-19(23)5/h9-12,15-16H,7-8,13-14H2,1-6H3,(H,25,29). The van der Waals surface area contributed by atoms with Crippen molar-refractivity contribution in [3.05, 3.63) is 53.1 Å². The maximum atomic E-state index is 12.5. The van der Waals surface area contributed by atoms with E-state index in [9.17, 15) is 9.59 Å². The average Bonchev–Trinajstić information content (AvgIpc) is 2.66. The average molecular weight is 396 g/mol. The van der Waals surface area contributed by atoms with Gasteiger partial charge in [0, 0.05) is 50.0 Å². The predicted octanol–water partition coefficient (Wildman–Crippen LogP) is 4.84. The molecule has 0 atom stereocenters. The van der Waals surface area contributed by atoms with Gasteiger partial charge in [-0.3, -0.25) is 9.59 Å².